The first-order valence-electron chi connectivity index (χ1n) is 7.71. The van der Waals surface area contributed by atoms with Crippen LogP contribution in [0.25, 0.3) is 6.08 Å². The highest BCUT2D eigenvalue weighted by Gasteiger charge is 2.18. The number of nitrogens with zero attached hydrogens (tertiary/aromatic N) is 1. The van der Waals surface area contributed by atoms with Crippen LogP contribution in [-0.4, -0.2) is 55.3 Å². The summed E-state index contributed by atoms with van der Waals surface area (Å²) in [5.41, 5.74) is 0.735. The van der Waals surface area contributed by atoms with E-state index in [1.54, 1.807) is 25.1 Å². The second-order valence-corrected chi connectivity index (χ2v) is 5.14. The molecule has 1 aromatic carbocycles. The summed E-state index contributed by atoms with van der Waals surface area (Å²) in [6, 6.07) is 3.53. The van der Waals surface area contributed by atoms with Gasteiger partial charge in [0.1, 0.15) is 13.2 Å². The Labute approximate surface area is 140 Å². The van der Waals surface area contributed by atoms with Crippen molar-refractivity contribution in [1.29, 1.82) is 0 Å². The molecule has 1 aromatic rings. The van der Waals surface area contributed by atoms with Crippen LogP contribution in [0.15, 0.2) is 18.2 Å². The Hall–Kier alpha value is -2.70. The van der Waals surface area contributed by atoms with Crippen molar-refractivity contribution in [3.05, 3.63) is 23.8 Å². The molecule has 7 heteroatoms. The lowest BCUT2D eigenvalue weighted by Gasteiger charge is -2.21. The van der Waals surface area contributed by atoms with E-state index >= 15 is 0 Å². The largest absolute Gasteiger partial charge is 0.493 e. The Morgan fingerprint density at radius 1 is 1.33 bits per heavy atom. The zero-order chi connectivity index (χ0) is 17.5. The lowest BCUT2D eigenvalue weighted by molar-refractivity contribution is -0.137. The second kappa shape index (κ2) is 8.24. The van der Waals surface area contributed by atoms with Crippen LogP contribution in [0.4, 0.5) is 0 Å². The monoisotopic (exact) mass is 335 g/mol. The maximum atomic E-state index is 12.2. The predicted molar refractivity (Wildman–Crippen MR) is 87.5 cm³/mol. The van der Waals surface area contributed by atoms with Crippen LogP contribution in [0.1, 0.15) is 18.9 Å². The summed E-state index contributed by atoms with van der Waals surface area (Å²) in [6.07, 6.45) is 2.98. The molecule has 24 heavy (non-hydrogen) atoms. The van der Waals surface area contributed by atoms with Crippen molar-refractivity contribution < 1.29 is 28.9 Å². The molecular formula is C17H21NO6. The summed E-state index contributed by atoms with van der Waals surface area (Å²) in [6.45, 7) is 3.36. The van der Waals surface area contributed by atoms with Crippen LogP contribution in [0.3, 0.4) is 0 Å². The highest BCUT2D eigenvalue weighted by Crippen LogP contribution is 2.40. The fourth-order valence-corrected chi connectivity index (χ4v) is 2.32. The zero-order valence-electron chi connectivity index (χ0n) is 13.8. The summed E-state index contributed by atoms with van der Waals surface area (Å²) in [5.74, 6) is 0.502. The number of carboxylic acid groups (broad SMARTS) is 1. The first-order valence-corrected chi connectivity index (χ1v) is 7.71. The van der Waals surface area contributed by atoms with E-state index in [-0.39, 0.29) is 18.9 Å². The molecule has 0 radical (unpaired) electrons. The molecule has 0 atom stereocenters. The topological polar surface area (TPSA) is 85.3 Å². The van der Waals surface area contributed by atoms with E-state index in [0.717, 1.165) is 5.56 Å². The molecule has 0 aromatic heterocycles. The van der Waals surface area contributed by atoms with E-state index in [4.69, 9.17) is 19.3 Å². The SMILES string of the molecule is CCN(CCC(=O)O)C(=O)/C=C/c1cc(OC)c2c(c1)OCCO2. The first-order chi connectivity index (χ1) is 11.5. The van der Waals surface area contributed by atoms with Gasteiger partial charge in [-0.05, 0) is 30.7 Å². The Bertz CT molecular complexity index is 623. The molecule has 0 fully saturated rings. The van der Waals surface area contributed by atoms with E-state index in [2.05, 4.69) is 0 Å². The van der Waals surface area contributed by atoms with Crippen molar-refractivity contribution in [3.8, 4) is 17.2 Å². The summed E-state index contributed by atoms with van der Waals surface area (Å²) in [5, 5.41) is 8.72. The number of ether oxygens (including phenoxy) is 3. The van der Waals surface area contributed by atoms with Crippen LogP contribution >= 0.6 is 0 Å². The standard InChI is InChI=1S/C17H21NO6/c1-3-18(7-6-16(20)21)15(19)5-4-12-10-13(22-2)17-14(11-12)23-8-9-24-17/h4-5,10-11H,3,6-9H2,1-2H3,(H,20,21)/b5-4+. The number of benzene rings is 1. The Kier molecular flexibility index (Phi) is 6.06. The number of rotatable bonds is 7. The fourth-order valence-electron chi connectivity index (χ4n) is 2.32. The highest BCUT2D eigenvalue weighted by atomic mass is 16.6. The van der Waals surface area contributed by atoms with Crippen LogP contribution < -0.4 is 14.2 Å². The van der Waals surface area contributed by atoms with Gasteiger partial charge in [0.05, 0.1) is 13.5 Å². The van der Waals surface area contributed by atoms with Crippen LogP contribution in [0.5, 0.6) is 17.2 Å². The van der Waals surface area contributed by atoms with Gasteiger partial charge < -0.3 is 24.2 Å². The van der Waals surface area contributed by atoms with Gasteiger partial charge in [0.15, 0.2) is 11.5 Å². The van der Waals surface area contributed by atoms with Gasteiger partial charge >= 0.3 is 5.97 Å². The molecule has 1 heterocycles. The number of hydrogen-bond donors (Lipinski definition) is 1. The summed E-state index contributed by atoms with van der Waals surface area (Å²) in [4.78, 5) is 24.3. The van der Waals surface area contributed by atoms with E-state index < -0.39 is 5.97 Å². The third-order valence-corrected chi connectivity index (χ3v) is 3.56. The van der Waals surface area contributed by atoms with Crippen molar-refractivity contribution in [2.45, 2.75) is 13.3 Å². The molecule has 0 bridgehead atoms. The summed E-state index contributed by atoms with van der Waals surface area (Å²) < 4.78 is 16.4. The molecular weight excluding hydrogens is 314 g/mol. The van der Waals surface area contributed by atoms with E-state index in [1.807, 2.05) is 0 Å². The van der Waals surface area contributed by atoms with Crippen LogP contribution in [-0.2, 0) is 9.59 Å². The summed E-state index contributed by atoms with van der Waals surface area (Å²) in [7, 11) is 1.54. The normalized spacial score (nSPS) is 12.9. The van der Waals surface area contributed by atoms with Crippen molar-refractivity contribution in [1.82, 2.24) is 4.90 Å². The van der Waals surface area contributed by atoms with Crippen molar-refractivity contribution in [3.63, 3.8) is 0 Å². The van der Waals surface area contributed by atoms with E-state index in [1.165, 1.54) is 18.1 Å². The van der Waals surface area contributed by atoms with Gasteiger partial charge in [-0.15, -0.1) is 0 Å². The lowest BCUT2D eigenvalue weighted by Crippen LogP contribution is -2.31. The third-order valence-electron chi connectivity index (χ3n) is 3.56. The molecule has 1 aliphatic rings. The van der Waals surface area contributed by atoms with E-state index in [9.17, 15) is 9.59 Å². The number of methoxy groups -OCH3 is 1. The Morgan fingerprint density at radius 3 is 2.75 bits per heavy atom. The fraction of sp³-hybridized carbons (Fsp3) is 0.412. The Balaban J connectivity index is 2.12. The number of carbonyl (C=O) groups is 2. The minimum Gasteiger partial charge on any atom is -0.493 e. The van der Waals surface area contributed by atoms with Gasteiger partial charge in [-0.1, -0.05) is 0 Å². The zero-order valence-corrected chi connectivity index (χ0v) is 13.8. The molecule has 1 N–H and O–H groups in total. The molecule has 1 amide bonds. The molecule has 0 saturated heterocycles. The average Bonchev–Trinajstić information content (AvgIpc) is 2.59. The maximum absolute atomic E-state index is 12.2. The average molecular weight is 335 g/mol. The molecule has 130 valence electrons. The second-order valence-electron chi connectivity index (χ2n) is 5.14. The van der Waals surface area contributed by atoms with Gasteiger partial charge in [-0.2, -0.15) is 0 Å². The number of aliphatic carboxylic acids is 1. The number of likely N-dealkylation sites (N-methyl/N-ethyl adjacent to an activating group) is 1. The Morgan fingerprint density at radius 2 is 2.08 bits per heavy atom. The van der Waals surface area contributed by atoms with Crippen molar-refractivity contribution >= 4 is 18.0 Å². The third kappa shape index (κ3) is 4.41. The smallest absolute Gasteiger partial charge is 0.305 e. The van der Waals surface area contributed by atoms with Gasteiger partial charge in [0, 0.05) is 19.2 Å². The van der Waals surface area contributed by atoms with Crippen molar-refractivity contribution in [2.24, 2.45) is 0 Å². The molecule has 0 saturated carbocycles. The molecule has 0 spiro atoms. The summed E-state index contributed by atoms with van der Waals surface area (Å²) >= 11 is 0. The van der Waals surface area contributed by atoms with E-state index in [0.29, 0.717) is 37.0 Å². The molecule has 0 unspecified atom stereocenters. The first kappa shape index (κ1) is 17.7. The van der Waals surface area contributed by atoms with Crippen LogP contribution in [0, 0.1) is 0 Å². The minimum absolute atomic E-state index is 0.0781. The molecule has 1 aliphatic heterocycles. The predicted octanol–water partition coefficient (Wildman–Crippen LogP) is 1.80. The molecule has 2 rings (SSSR count). The molecule has 0 aliphatic carbocycles. The minimum atomic E-state index is -0.929. The lowest BCUT2D eigenvalue weighted by atomic mass is 10.1. The highest BCUT2D eigenvalue weighted by molar-refractivity contribution is 5.92. The van der Waals surface area contributed by atoms with Crippen molar-refractivity contribution in [2.75, 3.05) is 33.4 Å². The number of amides is 1. The van der Waals surface area contributed by atoms with Crippen LogP contribution in [0.2, 0.25) is 0 Å². The van der Waals surface area contributed by atoms with Gasteiger partial charge in [-0.3, -0.25) is 9.59 Å². The maximum Gasteiger partial charge on any atom is 0.305 e. The number of carbonyl (C=O) groups excluding carboxylic acids is 1. The molecule has 7 nitrogen and oxygen atoms in total. The van der Waals surface area contributed by atoms with Gasteiger partial charge in [-0.25, -0.2) is 0 Å². The number of carboxylic acids is 1. The number of fused-ring (bicyclic) bond motifs is 1. The van der Waals surface area contributed by atoms with Gasteiger partial charge in [0.2, 0.25) is 11.7 Å². The van der Waals surface area contributed by atoms with Gasteiger partial charge in [0.25, 0.3) is 0 Å². The number of hydrogen-bond acceptors (Lipinski definition) is 5. The quantitative estimate of drug-likeness (QED) is 0.765.